The predicted octanol–water partition coefficient (Wildman–Crippen LogP) is 1.56. The van der Waals surface area contributed by atoms with Crippen LogP contribution in [0.2, 0.25) is 0 Å². The molecule has 2 amide bonds. The van der Waals surface area contributed by atoms with Crippen molar-refractivity contribution in [1.82, 2.24) is 10.7 Å². The van der Waals surface area contributed by atoms with E-state index < -0.39 is 16.7 Å². The van der Waals surface area contributed by atoms with Gasteiger partial charge in [-0.3, -0.25) is 19.7 Å². The second-order valence-electron chi connectivity index (χ2n) is 6.45. The number of ether oxygens (including phenoxy) is 2. The lowest BCUT2D eigenvalue weighted by molar-refractivity contribution is -0.384. The summed E-state index contributed by atoms with van der Waals surface area (Å²) in [4.78, 5) is 36.5. The molecule has 0 unspecified atom stereocenters. The number of nitro groups is 1. The van der Waals surface area contributed by atoms with Crippen LogP contribution in [-0.2, 0) is 4.79 Å². The third kappa shape index (κ3) is 6.16. The van der Waals surface area contributed by atoms with Gasteiger partial charge in [0, 0.05) is 31.3 Å². The van der Waals surface area contributed by atoms with E-state index in [1.807, 2.05) is 0 Å². The number of hydrazone groups is 1. The summed E-state index contributed by atoms with van der Waals surface area (Å²) in [5, 5.41) is 17.4. The molecule has 0 aliphatic rings. The average molecular weight is 429 g/mol. The van der Waals surface area contributed by atoms with Crippen molar-refractivity contribution in [3.63, 3.8) is 0 Å². The number of hydrogen-bond donors (Lipinski definition) is 2. The van der Waals surface area contributed by atoms with E-state index in [1.54, 1.807) is 37.2 Å². The van der Waals surface area contributed by atoms with Gasteiger partial charge in [-0.05, 0) is 24.3 Å². The number of nitrogens with one attached hydrogen (secondary N) is 2. The Hall–Kier alpha value is -4.15. The van der Waals surface area contributed by atoms with Crippen LogP contribution >= 0.6 is 0 Å². The standard InChI is InChI=1S/C20H23N5O6/c1-24(2)15-7-5-13(9-16(15)25(28)29)11-22-23-19(26)12-21-20(27)14-6-8-17(30-3)18(10-14)31-4/h5-11H,12H2,1-4H3,(H,21,27)(H,23,26)/b22-11+. The Morgan fingerprint density at radius 2 is 1.84 bits per heavy atom. The van der Waals surface area contributed by atoms with Crippen molar-refractivity contribution in [2.75, 3.05) is 39.8 Å². The normalized spacial score (nSPS) is 10.5. The van der Waals surface area contributed by atoms with Crippen molar-refractivity contribution in [2.24, 2.45) is 5.10 Å². The Morgan fingerprint density at radius 3 is 2.45 bits per heavy atom. The first-order valence-corrected chi connectivity index (χ1v) is 9.04. The van der Waals surface area contributed by atoms with Gasteiger partial charge in [-0.25, -0.2) is 5.43 Å². The number of amides is 2. The summed E-state index contributed by atoms with van der Waals surface area (Å²) in [6, 6.07) is 9.19. The maximum Gasteiger partial charge on any atom is 0.293 e. The minimum atomic E-state index is -0.565. The van der Waals surface area contributed by atoms with Crippen LogP contribution in [0.15, 0.2) is 41.5 Å². The van der Waals surface area contributed by atoms with Gasteiger partial charge in [0.15, 0.2) is 11.5 Å². The summed E-state index contributed by atoms with van der Waals surface area (Å²) >= 11 is 0. The van der Waals surface area contributed by atoms with E-state index in [0.29, 0.717) is 28.3 Å². The molecule has 0 saturated heterocycles. The molecule has 0 fully saturated rings. The van der Waals surface area contributed by atoms with Gasteiger partial charge in [0.2, 0.25) is 0 Å². The first-order valence-electron chi connectivity index (χ1n) is 9.04. The number of carbonyl (C=O) groups excluding carboxylic acids is 2. The van der Waals surface area contributed by atoms with Crippen LogP contribution in [0.1, 0.15) is 15.9 Å². The second kappa shape index (κ2) is 10.6. The molecule has 2 N–H and O–H groups in total. The highest BCUT2D eigenvalue weighted by molar-refractivity contribution is 5.97. The molecule has 2 aromatic carbocycles. The van der Waals surface area contributed by atoms with E-state index in [9.17, 15) is 19.7 Å². The minimum absolute atomic E-state index is 0.0811. The number of nitrogens with zero attached hydrogens (tertiary/aromatic N) is 3. The second-order valence-corrected chi connectivity index (χ2v) is 6.45. The molecule has 0 bridgehead atoms. The molecule has 0 aliphatic heterocycles. The number of carbonyl (C=O) groups is 2. The van der Waals surface area contributed by atoms with Gasteiger partial charge in [-0.1, -0.05) is 6.07 Å². The van der Waals surface area contributed by atoms with Crippen molar-refractivity contribution in [3.05, 3.63) is 57.6 Å². The fraction of sp³-hybridized carbons (Fsp3) is 0.250. The molecule has 11 heteroatoms. The minimum Gasteiger partial charge on any atom is -0.493 e. The maximum atomic E-state index is 12.2. The molecule has 0 aromatic heterocycles. The molecule has 0 heterocycles. The van der Waals surface area contributed by atoms with Gasteiger partial charge in [-0.2, -0.15) is 5.10 Å². The Kier molecular flexibility index (Phi) is 7.89. The summed E-state index contributed by atoms with van der Waals surface area (Å²) in [7, 11) is 6.34. The van der Waals surface area contributed by atoms with Gasteiger partial charge in [0.1, 0.15) is 5.69 Å². The SMILES string of the molecule is COc1ccc(C(=O)NCC(=O)N/N=C/c2ccc(N(C)C)c([N+](=O)[O-])c2)cc1OC. The van der Waals surface area contributed by atoms with E-state index in [1.165, 1.54) is 38.6 Å². The summed E-state index contributed by atoms with van der Waals surface area (Å²) in [6.45, 7) is -0.315. The van der Waals surface area contributed by atoms with Crippen molar-refractivity contribution in [3.8, 4) is 11.5 Å². The van der Waals surface area contributed by atoms with Crippen LogP contribution in [0.5, 0.6) is 11.5 Å². The quantitative estimate of drug-likeness (QED) is 0.351. The molecule has 2 rings (SSSR count). The van der Waals surface area contributed by atoms with Crippen LogP contribution in [0.25, 0.3) is 0 Å². The molecular weight excluding hydrogens is 406 g/mol. The summed E-state index contributed by atoms with van der Waals surface area (Å²) in [5.74, 6) is -0.178. The first-order chi connectivity index (χ1) is 14.8. The van der Waals surface area contributed by atoms with Gasteiger partial charge in [0.25, 0.3) is 17.5 Å². The van der Waals surface area contributed by atoms with Crippen LogP contribution < -0.4 is 25.1 Å². The average Bonchev–Trinajstić information content (AvgIpc) is 2.76. The maximum absolute atomic E-state index is 12.2. The molecular formula is C20H23N5O6. The molecule has 0 saturated carbocycles. The number of methoxy groups -OCH3 is 2. The van der Waals surface area contributed by atoms with Gasteiger partial charge < -0.3 is 19.7 Å². The molecule has 0 spiro atoms. The first kappa shape index (κ1) is 23.1. The van der Waals surface area contributed by atoms with E-state index >= 15 is 0 Å². The van der Waals surface area contributed by atoms with Crippen LogP contribution in [0, 0.1) is 10.1 Å². The zero-order chi connectivity index (χ0) is 23.0. The highest BCUT2D eigenvalue weighted by atomic mass is 16.6. The summed E-state index contributed by atoms with van der Waals surface area (Å²) in [5.41, 5.74) is 3.35. The van der Waals surface area contributed by atoms with Crippen molar-refractivity contribution < 1.29 is 24.0 Å². The zero-order valence-corrected chi connectivity index (χ0v) is 17.5. The fourth-order valence-corrected chi connectivity index (χ4v) is 2.60. The third-order valence-corrected chi connectivity index (χ3v) is 4.14. The van der Waals surface area contributed by atoms with E-state index in [4.69, 9.17) is 9.47 Å². The number of nitro benzene ring substituents is 1. The molecule has 164 valence electrons. The lowest BCUT2D eigenvalue weighted by atomic mass is 10.2. The Labute approximate surface area is 178 Å². The van der Waals surface area contributed by atoms with Crippen LogP contribution in [0.3, 0.4) is 0 Å². The highest BCUT2D eigenvalue weighted by Crippen LogP contribution is 2.28. The number of benzene rings is 2. The Bertz CT molecular complexity index is 1010. The monoisotopic (exact) mass is 429 g/mol. The molecule has 11 nitrogen and oxygen atoms in total. The Balaban J connectivity index is 1.93. The van der Waals surface area contributed by atoms with Gasteiger partial charge >= 0.3 is 0 Å². The van der Waals surface area contributed by atoms with Gasteiger partial charge in [-0.15, -0.1) is 0 Å². The van der Waals surface area contributed by atoms with E-state index in [0.717, 1.165) is 0 Å². The Morgan fingerprint density at radius 1 is 1.13 bits per heavy atom. The van der Waals surface area contributed by atoms with Crippen LogP contribution in [-0.4, -0.2) is 57.8 Å². The lowest BCUT2D eigenvalue weighted by Gasteiger charge is -2.12. The van der Waals surface area contributed by atoms with Gasteiger partial charge in [0.05, 0.1) is 31.9 Å². The topological polar surface area (TPSA) is 135 Å². The molecule has 0 radical (unpaired) electrons. The zero-order valence-electron chi connectivity index (χ0n) is 17.5. The predicted molar refractivity (Wildman–Crippen MR) is 115 cm³/mol. The summed E-state index contributed by atoms with van der Waals surface area (Å²) < 4.78 is 10.3. The highest BCUT2D eigenvalue weighted by Gasteiger charge is 2.15. The van der Waals surface area contributed by atoms with Crippen molar-refractivity contribution in [1.29, 1.82) is 0 Å². The molecule has 0 atom stereocenters. The van der Waals surface area contributed by atoms with E-state index in [-0.39, 0.29) is 12.2 Å². The van der Waals surface area contributed by atoms with Crippen molar-refractivity contribution >= 4 is 29.4 Å². The smallest absolute Gasteiger partial charge is 0.293 e. The number of hydrogen-bond acceptors (Lipinski definition) is 8. The molecule has 31 heavy (non-hydrogen) atoms. The largest absolute Gasteiger partial charge is 0.493 e. The molecule has 0 aliphatic carbocycles. The molecule has 2 aromatic rings. The number of rotatable bonds is 9. The van der Waals surface area contributed by atoms with Crippen LogP contribution in [0.4, 0.5) is 11.4 Å². The summed E-state index contributed by atoms with van der Waals surface area (Å²) in [6.07, 6.45) is 1.28. The third-order valence-electron chi connectivity index (χ3n) is 4.14. The van der Waals surface area contributed by atoms with Crippen molar-refractivity contribution in [2.45, 2.75) is 0 Å². The lowest BCUT2D eigenvalue weighted by Crippen LogP contribution is -2.34. The van der Waals surface area contributed by atoms with E-state index in [2.05, 4.69) is 15.8 Å². The number of anilines is 1. The fourth-order valence-electron chi connectivity index (χ4n) is 2.60.